The predicted molar refractivity (Wildman–Crippen MR) is 85.6 cm³/mol. The molecule has 0 bridgehead atoms. The molecule has 0 saturated carbocycles. The van der Waals surface area contributed by atoms with Crippen LogP contribution in [0.25, 0.3) is 0 Å². The van der Waals surface area contributed by atoms with Crippen molar-refractivity contribution in [1.82, 2.24) is 0 Å². The molecule has 0 amide bonds. The van der Waals surface area contributed by atoms with Crippen LogP contribution >= 0.6 is 0 Å². The van der Waals surface area contributed by atoms with E-state index in [0.29, 0.717) is 66.1 Å². The predicted octanol–water partition coefficient (Wildman–Crippen LogP) is 1.43. The average molecular weight is 336 g/mol. The van der Waals surface area contributed by atoms with E-state index in [4.69, 9.17) is 28.4 Å². The average Bonchev–Trinajstić information content (AvgIpc) is 2.51. The smallest absolute Gasteiger partial charge is 0.308 e. The quantitative estimate of drug-likeness (QED) is 0.294. The zero-order valence-electron chi connectivity index (χ0n) is 14.7. The molecular formula is C16H32O7. The maximum atomic E-state index is 11.0. The Hall–Kier alpha value is -0.730. The highest BCUT2D eigenvalue weighted by Gasteiger charge is 2.00. The van der Waals surface area contributed by atoms with E-state index in [1.165, 1.54) is 0 Å². The number of hydrogen-bond acceptors (Lipinski definition) is 7. The number of esters is 1. The molecule has 0 aromatic heterocycles. The van der Waals surface area contributed by atoms with E-state index < -0.39 is 0 Å². The number of rotatable bonds is 17. The highest BCUT2D eigenvalue weighted by molar-refractivity contribution is 5.69. The summed E-state index contributed by atoms with van der Waals surface area (Å²) in [4.78, 5) is 11.0. The molecule has 0 heterocycles. The van der Waals surface area contributed by atoms with Gasteiger partial charge in [0.1, 0.15) is 0 Å². The minimum absolute atomic E-state index is 0.236. The van der Waals surface area contributed by atoms with E-state index in [2.05, 4.69) is 0 Å². The van der Waals surface area contributed by atoms with Gasteiger partial charge in [-0.05, 0) is 20.8 Å². The third-order valence-corrected chi connectivity index (χ3v) is 2.55. The Bertz CT molecular complexity index is 259. The number of carbonyl (C=O) groups excluding carboxylic acids is 1. The maximum Gasteiger partial charge on any atom is 0.308 e. The molecule has 0 atom stereocenters. The van der Waals surface area contributed by atoms with E-state index in [1.54, 1.807) is 6.92 Å². The lowest BCUT2D eigenvalue weighted by Gasteiger charge is -2.09. The molecule has 0 spiro atoms. The molecule has 0 unspecified atom stereocenters. The van der Waals surface area contributed by atoms with Crippen LogP contribution in [-0.4, -0.2) is 78.1 Å². The van der Waals surface area contributed by atoms with Gasteiger partial charge in [-0.1, -0.05) is 0 Å². The van der Waals surface area contributed by atoms with E-state index in [1.807, 2.05) is 13.8 Å². The molecule has 0 rings (SSSR count). The normalized spacial score (nSPS) is 11.1. The van der Waals surface area contributed by atoms with E-state index >= 15 is 0 Å². The molecule has 0 aliphatic heterocycles. The van der Waals surface area contributed by atoms with Gasteiger partial charge in [0.05, 0.1) is 78.6 Å². The number of carbonyl (C=O) groups is 1. The second kappa shape index (κ2) is 17.6. The molecule has 0 aromatic rings. The summed E-state index contributed by atoms with van der Waals surface area (Å²) < 4.78 is 31.4. The first-order valence-corrected chi connectivity index (χ1v) is 8.25. The molecule has 0 saturated heterocycles. The van der Waals surface area contributed by atoms with Crippen molar-refractivity contribution in [3.63, 3.8) is 0 Å². The minimum Gasteiger partial charge on any atom is -0.466 e. The van der Waals surface area contributed by atoms with Gasteiger partial charge in [0.15, 0.2) is 0 Å². The highest BCUT2D eigenvalue weighted by atomic mass is 16.6. The Morgan fingerprint density at radius 2 is 1.17 bits per heavy atom. The first-order valence-electron chi connectivity index (χ1n) is 8.25. The zero-order chi connectivity index (χ0) is 17.2. The minimum atomic E-state index is -0.236. The Morgan fingerprint density at radius 1 is 0.739 bits per heavy atom. The number of hydrogen-bond donors (Lipinski definition) is 0. The lowest BCUT2D eigenvalue weighted by Crippen LogP contribution is -2.14. The molecule has 7 heteroatoms. The fourth-order valence-electron chi connectivity index (χ4n) is 1.49. The second-order valence-corrected chi connectivity index (χ2v) is 4.92. The Kier molecular flexibility index (Phi) is 17.1. The lowest BCUT2D eigenvalue weighted by atomic mass is 10.5. The van der Waals surface area contributed by atoms with Crippen molar-refractivity contribution in [2.45, 2.75) is 33.3 Å². The van der Waals surface area contributed by atoms with Gasteiger partial charge in [0.2, 0.25) is 0 Å². The molecular weight excluding hydrogens is 304 g/mol. The van der Waals surface area contributed by atoms with Crippen LogP contribution in [0, 0.1) is 0 Å². The summed E-state index contributed by atoms with van der Waals surface area (Å²) >= 11 is 0. The molecule has 0 aliphatic carbocycles. The maximum absolute atomic E-state index is 11.0. The first-order chi connectivity index (χ1) is 11.2. The van der Waals surface area contributed by atoms with Crippen molar-refractivity contribution in [3.8, 4) is 0 Å². The van der Waals surface area contributed by atoms with Crippen LogP contribution in [0.4, 0.5) is 0 Å². The standard InChI is InChI=1S/C16H32O7/c1-4-22-16(17)5-6-18-7-8-19-9-10-20-11-12-21-13-14-23-15(2)3/h15H,4-14H2,1-3H3. The van der Waals surface area contributed by atoms with Crippen LogP contribution in [-0.2, 0) is 33.2 Å². The van der Waals surface area contributed by atoms with Crippen molar-refractivity contribution >= 4 is 5.97 Å². The van der Waals surface area contributed by atoms with Crippen molar-refractivity contribution in [2.24, 2.45) is 0 Å². The van der Waals surface area contributed by atoms with Gasteiger partial charge in [-0.2, -0.15) is 0 Å². The van der Waals surface area contributed by atoms with E-state index in [9.17, 15) is 4.79 Å². The summed E-state index contributed by atoms with van der Waals surface area (Å²) in [5.41, 5.74) is 0. The zero-order valence-corrected chi connectivity index (χ0v) is 14.7. The fraction of sp³-hybridized carbons (Fsp3) is 0.938. The van der Waals surface area contributed by atoms with Crippen LogP contribution in [0.2, 0.25) is 0 Å². The van der Waals surface area contributed by atoms with Crippen LogP contribution in [0.1, 0.15) is 27.2 Å². The summed E-state index contributed by atoms with van der Waals surface area (Å²) in [6.45, 7) is 10.8. The summed E-state index contributed by atoms with van der Waals surface area (Å²) in [7, 11) is 0. The van der Waals surface area contributed by atoms with Gasteiger partial charge >= 0.3 is 5.97 Å². The Labute approximate surface area is 139 Å². The van der Waals surface area contributed by atoms with Crippen LogP contribution in [0.5, 0.6) is 0 Å². The van der Waals surface area contributed by atoms with Crippen LogP contribution in [0.15, 0.2) is 0 Å². The topological polar surface area (TPSA) is 72.5 Å². The molecule has 0 N–H and O–H groups in total. The van der Waals surface area contributed by atoms with Gasteiger partial charge in [-0.15, -0.1) is 0 Å². The summed E-state index contributed by atoms with van der Waals surface area (Å²) in [5, 5.41) is 0. The van der Waals surface area contributed by atoms with Crippen LogP contribution < -0.4 is 0 Å². The van der Waals surface area contributed by atoms with Gasteiger partial charge < -0.3 is 28.4 Å². The van der Waals surface area contributed by atoms with Crippen molar-refractivity contribution in [1.29, 1.82) is 0 Å². The monoisotopic (exact) mass is 336 g/mol. The summed E-state index contributed by atoms with van der Waals surface area (Å²) in [5.74, 6) is -0.236. The Balaban J connectivity index is 3.04. The van der Waals surface area contributed by atoms with Crippen molar-refractivity contribution < 1.29 is 33.2 Å². The lowest BCUT2D eigenvalue weighted by molar-refractivity contribution is -0.144. The third kappa shape index (κ3) is 19.2. The molecule has 0 aromatic carbocycles. The fourth-order valence-corrected chi connectivity index (χ4v) is 1.49. The van der Waals surface area contributed by atoms with Crippen molar-refractivity contribution in [3.05, 3.63) is 0 Å². The molecule has 0 fully saturated rings. The first kappa shape index (κ1) is 22.3. The Morgan fingerprint density at radius 3 is 1.61 bits per heavy atom. The van der Waals surface area contributed by atoms with Gasteiger partial charge in [-0.3, -0.25) is 4.79 Å². The summed E-state index contributed by atoms with van der Waals surface area (Å²) in [6.07, 6.45) is 0.514. The molecule has 138 valence electrons. The summed E-state index contributed by atoms with van der Waals surface area (Å²) in [6, 6.07) is 0. The SMILES string of the molecule is CCOC(=O)CCOCCOCCOCCOCCOC(C)C. The van der Waals surface area contributed by atoms with Gasteiger partial charge in [-0.25, -0.2) is 0 Å². The molecule has 7 nitrogen and oxygen atoms in total. The van der Waals surface area contributed by atoms with Gasteiger partial charge in [0, 0.05) is 0 Å². The van der Waals surface area contributed by atoms with E-state index in [-0.39, 0.29) is 18.5 Å². The molecule has 23 heavy (non-hydrogen) atoms. The third-order valence-electron chi connectivity index (χ3n) is 2.55. The highest BCUT2D eigenvalue weighted by Crippen LogP contribution is 1.89. The molecule has 0 radical (unpaired) electrons. The van der Waals surface area contributed by atoms with Crippen molar-refractivity contribution in [2.75, 3.05) is 66.1 Å². The van der Waals surface area contributed by atoms with Crippen LogP contribution in [0.3, 0.4) is 0 Å². The van der Waals surface area contributed by atoms with E-state index in [0.717, 1.165) is 0 Å². The molecule has 0 aliphatic rings. The largest absolute Gasteiger partial charge is 0.466 e. The van der Waals surface area contributed by atoms with Gasteiger partial charge in [0.25, 0.3) is 0 Å². The second-order valence-electron chi connectivity index (χ2n) is 4.92. The number of ether oxygens (including phenoxy) is 6.